The molecule has 2 N–H and O–H groups in total. The van der Waals surface area contributed by atoms with E-state index >= 15 is 0 Å². The Morgan fingerprint density at radius 1 is 0.947 bits per heavy atom. The molecule has 0 saturated carbocycles. The number of nitrogens with zero attached hydrogens (tertiary/aromatic N) is 1. The van der Waals surface area contributed by atoms with Crippen molar-refractivity contribution in [3.05, 3.63) is 48.5 Å². The van der Waals surface area contributed by atoms with Gasteiger partial charge in [0.15, 0.2) is 0 Å². The summed E-state index contributed by atoms with van der Waals surface area (Å²) < 4.78 is 21.0. The third kappa shape index (κ3) is 1.67. The lowest BCUT2D eigenvalue weighted by atomic mass is 10.2. The molecule has 0 saturated heterocycles. The van der Waals surface area contributed by atoms with Crippen LogP contribution in [0.4, 0.5) is 11.4 Å². The maximum Gasteiger partial charge on any atom is 0.228 e. The summed E-state index contributed by atoms with van der Waals surface area (Å²) in [6.45, 7) is 1.46. The first-order valence-electron chi connectivity index (χ1n) is 5.80. The van der Waals surface area contributed by atoms with E-state index < -0.39 is 10.6 Å². The van der Waals surface area contributed by atoms with Gasteiger partial charge in [-0.2, -0.15) is 0 Å². The average Bonchev–Trinajstić information content (AvgIpc) is 2.39. The summed E-state index contributed by atoms with van der Waals surface area (Å²) in [5, 5.41) is 0. The van der Waals surface area contributed by atoms with Crippen molar-refractivity contribution in [2.24, 2.45) is 0 Å². The summed E-state index contributed by atoms with van der Waals surface area (Å²) in [5.41, 5.74) is 1.07. The number of para-hydroxylation sites is 2. The zero-order valence-electron chi connectivity index (χ0n) is 10.3. The highest BCUT2D eigenvalue weighted by Gasteiger charge is 2.35. The molecule has 5 heteroatoms. The van der Waals surface area contributed by atoms with Crippen molar-refractivity contribution in [3.8, 4) is 0 Å². The molecule has 1 heterocycles. The summed E-state index contributed by atoms with van der Waals surface area (Å²) >= 11 is 0. The zero-order valence-corrected chi connectivity index (χ0v) is 11.1. The molecule has 0 unspecified atom stereocenters. The molecule has 0 fully saturated rings. The van der Waals surface area contributed by atoms with Gasteiger partial charge >= 0.3 is 0 Å². The summed E-state index contributed by atoms with van der Waals surface area (Å²) in [6.07, 6.45) is 0. The number of hydrogen-bond acceptors (Lipinski definition) is 3. The largest absolute Gasteiger partial charge is 0.290 e. The minimum Gasteiger partial charge on any atom is -0.290 e. The molecule has 2 aromatic carbocycles. The molecule has 4 nitrogen and oxygen atoms in total. The molecule has 98 valence electrons. The highest BCUT2D eigenvalue weighted by molar-refractivity contribution is 8.24. The van der Waals surface area contributed by atoms with Crippen molar-refractivity contribution < 1.29 is 13.9 Å². The number of rotatable bonds is 0. The normalized spacial score (nSPS) is 17.3. The van der Waals surface area contributed by atoms with Gasteiger partial charge in [0, 0.05) is 6.92 Å². The van der Waals surface area contributed by atoms with Crippen molar-refractivity contribution in [2.75, 3.05) is 4.90 Å². The SMILES string of the molecule is CC(=O)N1c2ccccc2S(O)(O)c2ccccc21. The topological polar surface area (TPSA) is 60.8 Å². The Labute approximate surface area is 112 Å². The molecule has 0 aliphatic carbocycles. The van der Waals surface area contributed by atoms with Gasteiger partial charge in [-0.1, -0.05) is 24.3 Å². The van der Waals surface area contributed by atoms with Crippen molar-refractivity contribution in [1.29, 1.82) is 0 Å². The maximum atomic E-state index is 11.9. The third-order valence-corrected chi connectivity index (χ3v) is 5.06. The van der Waals surface area contributed by atoms with Gasteiger partial charge in [-0.25, -0.2) is 0 Å². The molecule has 1 amide bonds. The van der Waals surface area contributed by atoms with Crippen LogP contribution < -0.4 is 4.90 Å². The smallest absolute Gasteiger partial charge is 0.228 e. The lowest BCUT2D eigenvalue weighted by Crippen LogP contribution is -2.28. The number of fused-ring (bicyclic) bond motifs is 2. The Kier molecular flexibility index (Phi) is 2.63. The Balaban J connectivity index is 2.37. The molecular formula is C14H13NO3S. The average molecular weight is 275 g/mol. The fraction of sp³-hybridized carbons (Fsp3) is 0.0714. The molecular weight excluding hydrogens is 262 g/mol. The van der Waals surface area contributed by atoms with Crippen molar-refractivity contribution in [1.82, 2.24) is 0 Å². The third-order valence-electron chi connectivity index (χ3n) is 3.14. The molecule has 3 rings (SSSR count). The minimum absolute atomic E-state index is 0.158. The fourth-order valence-electron chi connectivity index (χ4n) is 2.35. The van der Waals surface area contributed by atoms with E-state index in [4.69, 9.17) is 0 Å². The molecule has 0 radical (unpaired) electrons. The van der Waals surface area contributed by atoms with E-state index in [1.807, 2.05) is 0 Å². The van der Waals surface area contributed by atoms with Crippen LogP contribution >= 0.6 is 10.6 Å². The highest BCUT2D eigenvalue weighted by atomic mass is 32.3. The Hall–Kier alpha value is -1.82. The summed E-state index contributed by atoms with van der Waals surface area (Å²) in [7, 11) is -3.06. The van der Waals surface area contributed by atoms with E-state index in [9.17, 15) is 13.9 Å². The van der Waals surface area contributed by atoms with Gasteiger partial charge in [0.05, 0.1) is 21.2 Å². The predicted octanol–water partition coefficient (Wildman–Crippen LogP) is 3.85. The first-order chi connectivity index (χ1) is 9.03. The number of benzene rings is 2. The van der Waals surface area contributed by atoms with Crippen LogP contribution in [0.1, 0.15) is 6.92 Å². The second-order valence-electron chi connectivity index (χ2n) is 4.34. The van der Waals surface area contributed by atoms with Crippen LogP contribution in [0.3, 0.4) is 0 Å². The Morgan fingerprint density at radius 2 is 1.37 bits per heavy atom. The summed E-state index contributed by atoms with van der Waals surface area (Å²) in [4.78, 5) is 14.2. The standard InChI is InChI=1S/C14H13NO3S/c1-10(16)15-11-6-2-4-8-13(11)19(17,18)14-9-5-3-7-12(14)15/h2-9,17-18H,1H3. The number of carbonyl (C=O) groups is 1. The molecule has 0 spiro atoms. The second-order valence-corrected chi connectivity index (χ2v) is 6.32. The molecule has 0 aromatic heterocycles. The zero-order chi connectivity index (χ0) is 13.6. The number of amides is 1. The van der Waals surface area contributed by atoms with E-state index in [2.05, 4.69) is 0 Å². The fourth-order valence-corrected chi connectivity index (χ4v) is 4.03. The second kappa shape index (κ2) is 4.09. The first kappa shape index (κ1) is 12.2. The van der Waals surface area contributed by atoms with Crippen LogP contribution in [-0.2, 0) is 4.79 Å². The molecule has 1 aliphatic rings. The monoisotopic (exact) mass is 275 g/mol. The van der Waals surface area contributed by atoms with Crippen LogP contribution in [-0.4, -0.2) is 15.0 Å². The summed E-state index contributed by atoms with van der Waals surface area (Å²) in [6, 6.07) is 13.8. The predicted molar refractivity (Wildman–Crippen MR) is 75.1 cm³/mol. The highest BCUT2D eigenvalue weighted by Crippen LogP contribution is 2.65. The summed E-state index contributed by atoms with van der Waals surface area (Å²) in [5.74, 6) is -0.158. The van der Waals surface area contributed by atoms with Gasteiger partial charge in [0.2, 0.25) is 5.91 Å². The molecule has 2 aromatic rings. The van der Waals surface area contributed by atoms with Gasteiger partial charge in [0.25, 0.3) is 0 Å². The van der Waals surface area contributed by atoms with Crippen molar-refractivity contribution in [3.63, 3.8) is 0 Å². The number of anilines is 2. The Morgan fingerprint density at radius 3 is 1.79 bits per heavy atom. The van der Waals surface area contributed by atoms with Crippen LogP contribution in [0.15, 0.2) is 58.3 Å². The van der Waals surface area contributed by atoms with Crippen molar-refractivity contribution in [2.45, 2.75) is 16.7 Å². The van der Waals surface area contributed by atoms with E-state index in [1.54, 1.807) is 48.5 Å². The van der Waals surface area contributed by atoms with Crippen LogP contribution in [0.25, 0.3) is 0 Å². The minimum atomic E-state index is -3.06. The van der Waals surface area contributed by atoms with Gasteiger partial charge < -0.3 is 0 Å². The molecule has 0 atom stereocenters. The van der Waals surface area contributed by atoms with Crippen LogP contribution in [0.5, 0.6) is 0 Å². The Bertz CT molecular complexity index is 620. The first-order valence-corrected chi connectivity index (χ1v) is 7.35. The van der Waals surface area contributed by atoms with Gasteiger partial charge in [-0.15, -0.1) is 10.6 Å². The van der Waals surface area contributed by atoms with E-state index in [0.717, 1.165) is 0 Å². The lowest BCUT2D eigenvalue weighted by molar-refractivity contribution is -0.115. The van der Waals surface area contributed by atoms with Crippen LogP contribution in [0.2, 0.25) is 0 Å². The van der Waals surface area contributed by atoms with E-state index in [0.29, 0.717) is 21.2 Å². The maximum absolute atomic E-state index is 11.9. The van der Waals surface area contributed by atoms with E-state index in [1.165, 1.54) is 11.8 Å². The van der Waals surface area contributed by atoms with Gasteiger partial charge in [0.1, 0.15) is 0 Å². The number of carbonyl (C=O) groups excluding carboxylic acids is 1. The van der Waals surface area contributed by atoms with Crippen LogP contribution in [0, 0.1) is 0 Å². The van der Waals surface area contributed by atoms with Gasteiger partial charge in [-0.05, 0) is 24.3 Å². The van der Waals surface area contributed by atoms with E-state index in [-0.39, 0.29) is 5.91 Å². The van der Waals surface area contributed by atoms with Crippen molar-refractivity contribution >= 4 is 27.9 Å². The molecule has 19 heavy (non-hydrogen) atoms. The lowest BCUT2D eigenvalue weighted by Gasteiger charge is -2.43. The molecule has 1 aliphatic heterocycles. The quantitative estimate of drug-likeness (QED) is 0.767. The number of hydrogen-bond donors (Lipinski definition) is 2. The van der Waals surface area contributed by atoms with Gasteiger partial charge in [-0.3, -0.25) is 18.8 Å². The molecule has 0 bridgehead atoms.